The smallest absolute Gasteiger partial charge is 0.203 e. The number of hydrogen-bond donors (Lipinski definition) is 1. The molecular weight excluding hydrogens is 439 g/mol. The second kappa shape index (κ2) is 9.44. The number of aliphatic hydroxyl groups is 1. The number of tetrazole rings is 1. The first-order valence-corrected chi connectivity index (χ1v) is 11.2. The molecule has 0 saturated heterocycles. The molecule has 0 spiro atoms. The Morgan fingerprint density at radius 1 is 0.743 bits per heavy atom. The Balaban J connectivity index is 1.68. The summed E-state index contributed by atoms with van der Waals surface area (Å²) < 4.78 is 13.4. The van der Waals surface area contributed by atoms with Crippen LogP contribution in [0.4, 0.5) is 4.39 Å². The Bertz CT molecular complexity index is 1320. The maximum atomic E-state index is 13.4. The van der Waals surface area contributed by atoms with Gasteiger partial charge in [-0.05, 0) is 39.6 Å². The van der Waals surface area contributed by atoms with E-state index in [2.05, 4.69) is 16.9 Å². The summed E-state index contributed by atoms with van der Waals surface area (Å²) >= 11 is 0. The molecule has 0 bridgehead atoms. The third-order valence-electron chi connectivity index (χ3n) is 6.09. The summed E-state index contributed by atoms with van der Waals surface area (Å²) in [5, 5.41) is 24.3. The van der Waals surface area contributed by atoms with Gasteiger partial charge in [0.25, 0.3) is 0 Å². The van der Waals surface area contributed by atoms with E-state index in [-0.39, 0.29) is 17.2 Å². The highest BCUT2D eigenvalue weighted by Crippen LogP contribution is 2.40. The lowest BCUT2D eigenvalue weighted by molar-refractivity contribution is 0.237. The van der Waals surface area contributed by atoms with Gasteiger partial charge in [-0.1, -0.05) is 110 Å². The lowest BCUT2D eigenvalue weighted by atomic mass is 9.77. The lowest BCUT2D eigenvalue weighted by Gasteiger charge is -2.34. The molecule has 1 heterocycles. The standard InChI is InChI=1S/C29H23FN4O/c1-21(27(35)22-17-19-26(30)20-18-22)28-31-33-34(32-28)29(23-11-5-2-6-12-23,24-13-7-3-8-14-24)25-15-9-4-10-16-25/h2-20,27,35H,1H2. The summed E-state index contributed by atoms with van der Waals surface area (Å²) in [4.78, 5) is 1.57. The Morgan fingerprint density at radius 2 is 1.20 bits per heavy atom. The molecule has 0 aliphatic carbocycles. The minimum atomic E-state index is -1.10. The Labute approximate surface area is 202 Å². The average Bonchev–Trinajstić information content (AvgIpc) is 3.41. The SMILES string of the molecule is C=C(c1nnn(C(c2ccccc2)(c2ccccc2)c2ccccc2)n1)C(O)c1ccc(F)cc1. The van der Waals surface area contributed by atoms with E-state index in [0.29, 0.717) is 5.56 Å². The fourth-order valence-electron chi connectivity index (χ4n) is 4.34. The van der Waals surface area contributed by atoms with Crippen LogP contribution < -0.4 is 0 Å². The van der Waals surface area contributed by atoms with Gasteiger partial charge in [-0.15, -0.1) is 15.0 Å². The van der Waals surface area contributed by atoms with Gasteiger partial charge in [0.05, 0.1) is 0 Å². The van der Waals surface area contributed by atoms with Crippen LogP contribution in [0, 0.1) is 5.82 Å². The summed E-state index contributed by atoms with van der Waals surface area (Å²) in [7, 11) is 0. The van der Waals surface area contributed by atoms with Crippen molar-refractivity contribution in [3.63, 3.8) is 0 Å². The van der Waals surface area contributed by atoms with Crippen LogP contribution in [0.3, 0.4) is 0 Å². The van der Waals surface area contributed by atoms with E-state index in [1.807, 2.05) is 91.0 Å². The van der Waals surface area contributed by atoms with Gasteiger partial charge in [0.15, 0.2) is 5.54 Å². The highest BCUT2D eigenvalue weighted by molar-refractivity contribution is 5.62. The van der Waals surface area contributed by atoms with Crippen LogP contribution in [0.5, 0.6) is 0 Å². The Hall–Kier alpha value is -4.42. The van der Waals surface area contributed by atoms with Gasteiger partial charge in [0.2, 0.25) is 5.82 Å². The second-order valence-corrected chi connectivity index (χ2v) is 8.19. The minimum absolute atomic E-state index is 0.203. The molecule has 0 saturated carbocycles. The van der Waals surface area contributed by atoms with E-state index < -0.39 is 11.6 Å². The van der Waals surface area contributed by atoms with E-state index in [4.69, 9.17) is 5.10 Å². The van der Waals surface area contributed by atoms with E-state index in [0.717, 1.165) is 16.7 Å². The quantitative estimate of drug-likeness (QED) is 0.329. The van der Waals surface area contributed by atoms with Gasteiger partial charge in [-0.3, -0.25) is 0 Å². The first kappa shape index (κ1) is 22.4. The number of nitrogens with zero attached hydrogens (tertiary/aromatic N) is 4. The highest BCUT2D eigenvalue weighted by atomic mass is 19.1. The van der Waals surface area contributed by atoms with Crippen LogP contribution in [0.25, 0.3) is 5.57 Å². The van der Waals surface area contributed by atoms with Crippen LogP contribution in [0.1, 0.15) is 34.2 Å². The van der Waals surface area contributed by atoms with Gasteiger partial charge in [-0.2, -0.15) is 0 Å². The average molecular weight is 463 g/mol. The second-order valence-electron chi connectivity index (χ2n) is 8.19. The van der Waals surface area contributed by atoms with E-state index >= 15 is 0 Å². The fraction of sp³-hybridized carbons (Fsp3) is 0.0690. The van der Waals surface area contributed by atoms with Gasteiger partial charge in [0, 0.05) is 5.57 Å². The third kappa shape index (κ3) is 4.05. The third-order valence-corrected chi connectivity index (χ3v) is 6.09. The molecule has 0 amide bonds. The number of benzene rings is 4. The molecule has 6 heteroatoms. The minimum Gasteiger partial charge on any atom is -0.384 e. The maximum absolute atomic E-state index is 13.4. The molecule has 172 valence electrons. The zero-order valence-electron chi connectivity index (χ0n) is 18.9. The van der Waals surface area contributed by atoms with Crippen molar-refractivity contribution >= 4 is 5.57 Å². The van der Waals surface area contributed by atoms with Crippen LogP contribution >= 0.6 is 0 Å². The Morgan fingerprint density at radius 3 is 1.66 bits per heavy atom. The largest absolute Gasteiger partial charge is 0.384 e. The molecule has 0 aliphatic rings. The first-order valence-electron chi connectivity index (χ1n) is 11.2. The van der Waals surface area contributed by atoms with Crippen molar-refractivity contribution in [2.24, 2.45) is 0 Å². The number of aromatic nitrogens is 4. The summed E-state index contributed by atoms with van der Waals surface area (Å²) in [5.74, 6) is -0.178. The zero-order chi connectivity index (χ0) is 24.3. The summed E-state index contributed by atoms with van der Waals surface area (Å²) in [6, 6.07) is 35.6. The fourth-order valence-corrected chi connectivity index (χ4v) is 4.34. The molecule has 5 rings (SSSR count). The van der Waals surface area contributed by atoms with Crippen LogP contribution in [0.15, 0.2) is 122 Å². The zero-order valence-corrected chi connectivity index (χ0v) is 18.9. The van der Waals surface area contributed by atoms with Crippen molar-refractivity contribution < 1.29 is 9.50 Å². The van der Waals surface area contributed by atoms with E-state index in [1.54, 1.807) is 4.80 Å². The molecule has 1 N–H and O–H groups in total. The monoisotopic (exact) mass is 462 g/mol. The molecule has 5 aromatic rings. The number of hydrogen-bond acceptors (Lipinski definition) is 4. The summed E-state index contributed by atoms with van der Waals surface area (Å²) in [6.07, 6.45) is -1.10. The first-order chi connectivity index (χ1) is 17.1. The molecule has 5 nitrogen and oxygen atoms in total. The number of halogens is 1. The van der Waals surface area contributed by atoms with E-state index in [9.17, 15) is 9.50 Å². The maximum Gasteiger partial charge on any atom is 0.203 e. The van der Waals surface area contributed by atoms with Crippen molar-refractivity contribution in [2.75, 3.05) is 0 Å². The van der Waals surface area contributed by atoms with Gasteiger partial charge in [0.1, 0.15) is 11.9 Å². The van der Waals surface area contributed by atoms with Crippen molar-refractivity contribution in [1.29, 1.82) is 0 Å². The van der Waals surface area contributed by atoms with Crippen molar-refractivity contribution in [2.45, 2.75) is 11.6 Å². The summed E-state index contributed by atoms with van der Waals surface area (Å²) in [5.41, 5.74) is 2.69. The molecule has 0 fully saturated rings. The Kier molecular flexibility index (Phi) is 6.04. The van der Waals surface area contributed by atoms with Crippen LogP contribution in [-0.2, 0) is 5.54 Å². The number of rotatable bonds is 7. The molecule has 1 atom stereocenters. The van der Waals surface area contributed by atoms with Gasteiger partial charge in [-0.25, -0.2) is 4.39 Å². The molecule has 4 aromatic carbocycles. The topological polar surface area (TPSA) is 63.8 Å². The molecule has 0 radical (unpaired) electrons. The molecule has 35 heavy (non-hydrogen) atoms. The molecule has 1 unspecified atom stereocenters. The van der Waals surface area contributed by atoms with Crippen molar-refractivity contribution in [3.8, 4) is 0 Å². The molecule has 0 aliphatic heterocycles. The molecule has 1 aromatic heterocycles. The van der Waals surface area contributed by atoms with Gasteiger partial charge < -0.3 is 5.11 Å². The molecular formula is C29H23FN4O. The highest BCUT2D eigenvalue weighted by Gasteiger charge is 2.41. The van der Waals surface area contributed by atoms with E-state index in [1.165, 1.54) is 24.3 Å². The predicted octanol–water partition coefficient (Wildman–Crippen LogP) is 5.40. The lowest BCUT2D eigenvalue weighted by Crippen LogP contribution is -2.39. The summed E-state index contributed by atoms with van der Waals surface area (Å²) in [6.45, 7) is 4.02. The predicted molar refractivity (Wildman–Crippen MR) is 133 cm³/mol. The van der Waals surface area contributed by atoms with Crippen molar-refractivity contribution in [1.82, 2.24) is 20.2 Å². The van der Waals surface area contributed by atoms with Crippen LogP contribution in [0.2, 0.25) is 0 Å². The number of aliphatic hydroxyl groups excluding tert-OH is 1. The van der Waals surface area contributed by atoms with Crippen LogP contribution in [-0.4, -0.2) is 25.3 Å². The normalized spacial score (nSPS) is 12.3. The van der Waals surface area contributed by atoms with Gasteiger partial charge >= 0.3 is 0 Å². The van der Waals surface area contributed by atoms with Crippen molar-refractivity contribution in [3.05, 3.63) is 156 Å².